The van der Waals surface area contributed by atoms with Gasteiger partial charge in [0.05, 0.1) is 23.2 Å². The lowest BCUT2D eigenvalue weighted by Gasteiger charge is -2.31. The molecule has 132 valence electrons. The summed E-state index contributed by atoms with van der Waals surface area (Å²) < 4.78 is 4.70. The highest BCUT2D eigenvalue weighted by atomic mass is 16.6. The third-order valence-corrected chi connectivity index (χ3v) is 3.92. The molecule has 0 aliphatic heterocycles. The van der Waals surface area contributed by atoms with Gasteiger partial charge in [-0.15, -0.1) is 0 Å². The number of esters is 1. The van der Waals surface area contributed by atoms with E-state index in [9.17, 15) is 24.8 Å². The molecule has 0 amide bonds. The van der Waals surface area contributed by atoms with Crippen molar-refractivity contribution in [2.45, 2.75) is 20.3 Å². The molecule has 0 heterocycles. The average Bonchev–Trinajstić information content (AvgIpc) is 2.53. The Morgan fingerprint density at radius 2 is 1.96 bits per heavy atom. The van der Waals surface area contributed by atoms with E-state index in [0.717, 1.165) is 0 Å². The van der Waals surface area contributed by atoms with Crippen LogP contribution in [-0.4, -0.2) is 28.9 Å². The Labute approximate surface area is 143 Å². The van der Waals surface area contributed by atoms with Crippen LogP contribution in [0.3, 0.4) is 0 Å². The molecule has 2 rings (SSSR count). The van der Waals surface area contributed by atoms with Gasteiger partial charge in [-0.2, -0.15) is 0 Å². The molecule has 0 radical (unpaired) electrons. The minimum absolute atomic E-state index is 0.0337. The van der Waals surface area contributed by atoms with Crippen LogP contribution < -0.4 is 5.32 Å². The zero-order chi connectivity index (χ0) is 18.8. The summed E-state index contributed by atoms with van der Waals surface area (Å²) in [7, 11) is 1.20. The van der Waals surface area contributed by atoms with E-state index < -0.39 is 22.1 Å². The number of rotatable bonds is 4. The smallest absolute Gasteiger partial charge is 0.338 e. The Morgan fingerprint density at radius 3 is 2.48 bits per heavy atom. The predicted molar refractivity (Wildman–Crippen MR) is 89.9 cm³/mol. The van der Waals surface area contributed by atoms with Crippen molar-refractivity contribution < 1.29 is 24.4 Å². The maximum Gasteiger partial charge on any atom is 0.338 e. The van der Waals surface area contributed by atoms with Crippen LogP contribution in [0.5, 0.6) is 0 Å². The largest absolute Gasteiger partial charge is 0.507 e. The van der Waals surface area contributed by atoms with Gasteiger partial charge >= 0.3 is 5.97 Å². The Balaban J connectivity index is 2.36. The quantitative estimate of drug-likeness (QED) is 0.372. The van der Waals surface area contributed by atoms with Gasteiger partial charge < -0.3 is 15.2 Å². The van der Waals surface area contributed by atoms with Crippen LogP contribution in [0.25, 0.3) is 0 Å². The number of ketones is 1. The number of carbonyl (C=O) groups is 2. The molecule has 1 aromatic rings. The standard InChI is InChI=1S/C17H18N2O6/c1-17(2)8-13(20)12(15(21)14(17)16(22)25-3)9-18-10-4-6-11(7-5-10)19(23)24/h4-7,9,18,21H,8H2,1-3H3. The molecule has 0 saturated carbocycles. The third kappa shape index (κ3) is 3.68. The lowest BCUT2D eigenvalue weighted by Crippen LogP contribution is -2.33. The summed E-state index contributed by atoms with van der Waals surface area (Å²) in [6.07, 6.45) is 1.31. The molecule has 0 bridgehead atoms. The van der Waals surface area contributed by atoms with E-state index in [1.54, 1.807) is 13.8 Å². The summed E-state index contributed by atoms with van der Waals surface area (Å²) in [4.78, 5) is 34.4. The molecule has 1 aromatic carbocycles. The first-order valence-electron chi connectivity index (χ1n) is 7.44. The fourth-order valence-corrected chi connectivity index (χ4v) is 2.63. The van der Waals surface area contributed by atoms with Crippen molar-refractivity contribution in [3.05, 3.63) is 57.5 Å². The molecular formula is C17H18N2O6. The van der Waals surface area contributed by atoms with Gasteiger partial charge in [0.25, 0.3) is 5.69 Å². The van der Waals surface area contributed by atoms with Crippen molar-refractivity contribution in [2.75, 3.05) is 12.4 Å². The second-order valence-electron chi connectivity index (χ2n) is 6.21. The zero-order valence-electron chi connectivity index (χ0n) is 14.0. The van der Waals surface area contributed by atoms with Crippen LogP contribution in [0.2, 0.25) is 0 Å². The summed E-state index contributed by atoms with van der Waals surface area (Å²) in [6.45, 7) is 3.35. The summed E-state index contributed by atoms with van der Waals surface area (Å²) >= 11 is 0. The van der Waals surface area contributed by atoms with Gasteiger partial charge in [-0.25, -0.2) is 4.79 Å². The minimum atomic E-state index is -0.848. The van der Waals surface area contributed by atoms with Gasteiger partial charge in [0.1, 0.15) is 5.76 Å². The second-order valence-corrected chi connectivity index (χ2v) is 6.21. The monoisotopic (exact) mass is 346 g/mol. The molecule has 8 nitrogen and oxygen atoms in total. The first-order valence-corrected chi connectivity index (χ1v) is 7.44. The third-order valence-electron chi connectivity index (χ3n) is 3.92. The van der Waals surface area contributed by atoms with Crippen LogP contribution in [-0.2, 0) is 14.3 Å². The Morgan fingerprint density at radius 1 is 1.36 bits per heavy atom. The lowest BCUT2D eigenvalue weighted by atomic mass is 9.73. The number of hydrogen-bond acceptors (Lipinski definition) is 7. The number of nitro groups is 1. The van der Waals surface area contributed by atoms with Gasteiger partial charge in [0.2, 0.25) is 0 Å². The molecule has 8 heteroatoms. The molecule has 2 N–H and O–H groups in total. The lowest BCUT2D eigenvalue weighted by molar-refractivity contribution is -0.384. The first-order chi connectivity index (χ1) is 11.7. The Kier molecular flexibility index (Phi) is 4.92. The van der Waals surface area contributed by atoms with Gasteiger partial charge in [-0.3, -0.25) is 14.9 Å². The highest BCUT2D eigenvalue weighted by Crippen LogP contribution is 2.40. The summed E-state index contributed by atoms with van der Waals surface area (Å²) in [5.74, 6) is -1.46. The van der Waals surface area contributed by atoms with E-state index in [2.05, 4.69) is 5.32 Å². The summed E-state index contributed by atoms with van der Waals surface area (Å²) in [6, 6.07) is 5.55. The maximum absolute atomic E-state index is 12.3. The Hall–Kier alpha value is -3.16. The number of nitrogens with zero attached hydrogens (tertiary/aromatic N) is 1. The van der Waals surface area contributed by atoms with E-state index >= 15 is 0 Å². The number of ether oxygens (including phenoxy) is 1. The number of carbonyl (C=O) groups excluding carboxylic acids is 2. The number of aliphatic hydroxyl groups is 1. The van der Waals surface area contributed by atoms with Gasteiger partial charge in [-0.05, 0) is 12.1 Å². The molecule has 0 fully saturated rings. The number of nitro benzene ring substituents is 1. The van der Waals surface area contributed by atoms with Crippen LogP contribution in [0.4, 0.5) is 11.4 Å². The van der Waals surface area contributed by atoms with Gasteiger partial charge in [0.15, 0.2) is 5.78 Å². The molecule has 0 spiro atoms. The average molecular weight is 346 g/mol. The fourth-order valence-electron chi connectivity index (χ4n) is 2.63. The number of aliphatic hydroxyl groups excluding tert-OH is 1. The molecule has 0 saturated heterocycles. The van der Waals surface area contributed by atoms with Gasteiger partial charge in [0, 0.05) is 35.9 Å². The first kappa shape index (κ1) is 18.2. The van der Waals surface area contributed by atoms with Crippen molar-refractivity contribution >= 4 is 23.1 Å². The van der Waals surface area contributed by atoms with Gasteiger partial charge in [-0.1, -0.05) is 13.8 Å². The van der Waals surface area contributed by atoms with Crippen molar-refractivity contribution in [2.24, 2.45) is 5.41 Å². The molecule has 1 aliphatic carbocycles. The van der Waals surface area contributed by atoms with E-state index in [4.69, 9.17) is 4.74 Å². The fraction of sp³-hybridized carbons (Fsp3) is 0.294. The normalized spacial score (nSPS) is 18.2. The highest BCUT2D eigenvalue weighted by Gasteiger charge is 2.41. The number of hydrogen-bond donors (Lipinski definition) is 2. The number of nitrogens with one attached hydrogen (secondary N) is 1. The zero-order valence-corrected chi connectivity index (χ0v) is 14.0. The number of allylic oxidation sites excluding steroid dienone is 1. The van der Waals surface area contributed by atoms with E-state index in [0.29, 0.717) is 5.69 Å². The Bertz CT molecular complexity index is 790. The minimum Gasteiger partial charge on any atom is -0.507 e. The SMILES string of the molecule is COC(=O)C1=C(O)C(=CNc2ccc([N+](=O)[O-])cc2)C(=O)CC1(C)C. The molecule has 0 unspecified atom stereocenters. The molecular weight excluding hydrogens is 328 g/mol. The molecule has 0 atom stereocenters. The number of methoxy groups -OCH3 is 1. The number of non-ortho nitro benzene ring substituents is 1. The van der Waals surface area contributed by atoms with Crippen molar-refractivity contribution in [3.8, 4) is 0 Å². The number of benzene rings is 1. The summed E-state index contributed by atoms with van der Waals surface area (Å²) in [5.41, 5.74) is -0.434. The maximum atomic E-state index is 12.3. The van der Waals surface area contributed by atoms with Crippen molar-refractivity contribution in [3.63, 3.8) is 0 Å². The van der Waals surface area contributed by atoms with Crippen LogP contribution >= 0.6 is 0 Å². The molecule has 1 aliphatic rings. The van der Waals surface area contributed by atoms with Crippen LogP contribution in [0.15, 0.2) is 47.4 Å². The van der Waals surface area contributed by atoms with E-state index in [1.807, 2.05) is 0 Å². The van der Waals surface area contributed by atoms with Crippen LogP contribution in [0, 0.1) is 15.5 Å². The predicted octanol–water partition coefficient (Wildman–Crippen LogP) is 2.87. The summed E-state index contributed by atoms with van der Waals surface area (Å²) in [5, 5.41) is 23.8. The van der Waals surface area contributed by atoms with Crippen molar-refractivity contribution in [1.29, 1.82) is 0 Å². The van der Waals surface area contributed by atoms with E-state index in [1.165, 1.54) is 37.6 Å². The van der Waals surface area contributed by atoms with Crippen molar-refractivity contribution in [1.82, 2.24) is 0 Å². The van der Waals surface area contributed by atoms with Crippen LogP contribution in [0.1, 0.15) is 20.3 Å². The second kappa shape index (κ2) is 6.76. The van der Waals surface area contributed by atoms with E-state index in [-0.39, 0.29) is 29.0 Å². The molecule has 25 heavy (non-hydrogen) atoms. The number of Topliss-reactive ketones (excluding diaryl/α,β-unsaturated/α-hetero) is 1. The topological polar surface area (TPSA) is 119 Å². The molecule has 0 aromatic heterocycles. The highest BCUT2D eigenvalue weighted by molar-refractivity contribution is 6.06. The number of anilines is 1.